The second-order valence-corrected chi connectivity index (χ2v) is 5.68. The van der Waals surface area contributed by atoms with Crippen molar-refractivity contribution in [3.8, 4) is 11.1 Å². The summed E-state index contributed by atoms with van der Waals surface area (Å²) >= 11 is 0. The molecule has 3 aromatic rings. The molecule has 1 amide bonds. The summed E-state index contributed by atoms with van der Waals surface area (Å²) < 4.78 is 67.5. The van der Waals surface area contributed by atoms with E-state index in [4.69, 9.17) is 0 Å². The number of carbonyl (C=O) groups excluding carboxylic acids is 1. The Morgan fingerprint density at radius 3 is 2.48 bits per heavy atom. The molecule has 0 aliphatic carbocycles. The second kappa shape index (κ2) is 7.18. The first-order valence-electron chi connectivity index (χ1n) is 7.64. The molecule has 140 valence electrons. The first-order valence-corrected chi connectivity index (χ1v) is 7.64. The number of halogens is 5. The van der Waals surface area contributed by atoms with Crippen LogP contribution in [0.2, 0.25) is 0 Å². The number of anilines is 1. The highest BCUT2D eigenvalue weighted by Gasteiger charge is 2.23. The zero-order chi connectivity index (χ0) is 19.7. The minimum absolute atomic E-state index is 0.0384. The van der Waals surface area contributed by atoms with Gasteiger partial charge in [-0.05, 0) is 35.9 Å². The third-order valence-electron chi connectivity index (χ3n) is 3.77. The zero-order valence-electron chi connectivity index (χ0n) is 13.8. The summed E-state index contributed by atoms with van der Waals surface area (Å²) in [6, 6.07) is 6.15. The molecule has 0 atom stereocenters. The summed E-state index contributed by atoms with van der Waals surface area (Å²) in [5.41, 5.74) is -0.857. The number of nitrogens with zero attached hydrogens (tertiary/aromatic N) is 2. The standard InChI is InChI=1S/C18H12F5N3O/c1-26-8-12(16(25-26)17(22)23)18(27)24-15-5-3-10(19)7-11(15)9-2-4-13(20)14(21)6-9/h2-8,17H,1H3,(H,24,27). The molecular formula is C18H12F5N3O. The van der Waals surface area contributed by atoms with Crippen LogP contribution in [-0.2, 0) is 7.05 Å². The Bertz CT molecular complexity index is 1020. The maximum absolute atomic E-state index is 13.7. The molecular weight excluding hydrogens is 369 g/mol. The van der Waals surface area contributed by atoms with Crippen molar-refractivity contribution in [2.75, 3.05) is 5.32 Å². The molecule has 0 bridgehead atoms. The Morgan fingerprint density at radius 1 is 1.07 bits per heavy atom. The lowest BCUT2D eigenvalue weighted by Gasteiger charge is -2.12. The number of benzene rings is 2. The molecule has 1 heterocycles. The molecule has 0 spiro atoms. The summed E-state index contributed by atoms with van der Waals surface area (Å²) in [4.78, 5) is 12.4. The summed E-state index contributed by atoms with van der Waals surface area (Å²) in [6.45, 7) is 0. The van der Waals surface area contributed by atoms with Crippen molar-refractivity contribution in [3.05, 3.63) is 71.3 Å². The molecule has 3 rings (SSSR count). The van der Waals surface area contributed by atoms with Crippen LogP contribution < -0.4 is 5.32 Å². The van der Waals surface area contributed by atoms with Crippen LogP contribution in [0, 0.1) is 17.5 Å². The van der Waals surface area contributed by atoms with Crippen molar-refractivity contribution < 1.29 is 26.7 Å². The predicted molar refractivity (Wildman–Crippen MR) is 87.9 cm³/mol. The van der Waals surface area contributed by atoms with E-state index in [1.165, 1.54) is 19.2 Å². The van der Waals surface area contributed by atoms with Crippen LogP contribution in [-0.4, -0.2) is 15.7 Å². The summed E-state index contributed by atoms with van der Waals surface area (Å²) in [5.74, 6) is -3.81. The van der Waals surface area contributed by atoms with E-state index >= 15 is 0 Å². The minimum atomic E-state index is -2.97. The number of carbonyl (C=O) groups is 1. The third kappa shape index (κ3) is 3.81. The molecule has 4 nitrogen and oxygen atoms in total. The van der Waals surface area contributed by atoms with Gasteiger partial charge in [0.15, 0.2) is 11.6 Å². The number of hydrogen-bond donors (Lipinski definition) is 1. The van der Waals surface area contributed by atoms with Crippen LogP contribution >= 0.6 is 0 Å². The van der Waals surface area contributed by atoms with E-state index in [0.29, 0.717) is 0 Å². The van der Waals surface area contributed by atoms with E-state index in [1.54, 1.807) is 0 Å². The highest BCUT2D eigenvalue weighted by atomic mass is 19.3. The van der Waals surface area contributed by atoms with E-state index < -0.39 is 35.5 Å². The fraction of sp³-hybridized carbons (Fsp3) is 0.111. The number of amides is 1. The topological polar surface area (TPSA) is 46.9 Å². The first-order chi connectivity index (χ1) is 12.8. The van der Waals surface area contributed by atoms with Gasteiger partial charge in [0, 0.05) is 24.5 Å². The minimum Gasteiger partial charge on any atom is -0.321 e. The number of alkyl halides is 2. The van der Waals surface area contributed by atoms with Gasteiger partial charge in [0.2, 0.25) is 0 Å². The van der Waals surface area contributed by atoms with Crippen LogP contribution in [0.3, 0.4) is 0 Å². The number of aryl methyl sites for hydroxylation is 1. The summed E-state index contributed by atoms with van der Waals surface area (Å²) in [6.07, 6.45) is -1.84. The van der Waals surface area contributed by atoms with Gasteiger partial charge in [-0.25, -0.2) is 22.0 Å². The average Bonchev–Trinajstić information content (AvgIpc) is 3.01. The predicted octanol–water partition coefficient (Wildman–Crippen LogP) is 4.69. The van der Waals surface area contributed by atoms with Crippen LogP contribution in [0.15, 0.2) is 42.6 Å². The lowest BCUT2D eigenvalue weighted by atomic mass is 10.0. The SMILES string of the molecule is Cn1cc(C(=O)Nc2ccc(F)cc2-c2ccc(F)c(F)c2)c(C(F)F)n1. The van der Waals surface area contributed by atoms with Crippen LogP contribution in [0.5, 0.6) is 0 Å². The number of aromatic nitrogens is 2. The van der Waals surface area contributed by atoms with Crippen molar-refractivity contribution in [2.45, 2.75) is 6.43 Å². The van der Waals surface area contributed by atoms with Gasteiger partial charge in [-0.1, -0.05) is 6.07 Å². The molecule has 27 heavy (non-hydrogen) atoms. The normalized spacial score (nSPS) is 11.1. The zero-order valence-corrected chi connectivity index (χ0v) is 13.8. The van der Waals surface area contributed by atoms with Crippen molar-refractivity contribution in [2.24, 2.45) is 7.05 Å². The van der Waals surface area contributed by atoms with Gasteiger partial charge in [-0.3, -0.25) is 9.48 Å². The third-order valence-corrected chi connectivity index (χ3v) is 3.77. The maximum Gasteiger partial charge on any atom is 0.282 e. The largest absolute Gasteiger partial charge is 0.321 e. The van der Waals surface area contributed by atoms with Crippen LogP contribution in [0.4, 0.5) is 27.6 Å². The van der Waals surface area contributed by atoms with Gasteiger partial charge in [0.1, 0.15) is 11.5 Å². The molecule has 0 saturated heterocycles. The smallest absolute Gasteiger partial charge is 0.282 e. The highest BCUT2D eigenvalue weighted by molar-refractivity contribution is 6.06. The molecule has 1 N–H and O–H groups in total. The monoisotopic (exact) mass is 381 g/mol. The molecule has 0 aliphatic heterocycles. The number of nitrogens with one attached hydrogen (secondary N) is 1. The van der Waals surface area contributed by atoms with Crippen molar-refractivity contribution >= 4 is 11.6 Å². The fourth-order valence-electron chi connectivity index (χ4n) is 2.56. The Balaban J connectivity index is 2.01. The molecule has 9 heteroatoms. The molecule has 0 unspecified atom stereocenters. The molecule has 2 aromatic carbocycles. The van der Waals surface area contributed by atoms with Gasteiger partial charge in [-0.15, -0.1) is 0 Å². The summed E-state index contributed by atoms with van der Waals surface area (Å²) in [5, 5.41) is 5.93. The molecule has 0 saturated carbocycles. The average molecular weight is 381 g/mol. The lowest BCUT2D eigenvalue weighted by molar-refractivity contribution is 0.101. The molecule has 0 aliphatic rings. The summed E-state index contributed by atoms with van der Waals surface area (Å²) in [7, 11) is 1.38. The van der Waals surface area contributed by atoms with E-state index in [9.17, 15) is 26.7 Å². The van der Waals surface area contributed by atoms with Gasteiger partial charge >= 0.3 is 0 Å². The Kier molecular flexibility index (Phi) is 4.93. The van der Waals surface area contributed by atoms with Crippen molar-refractivity contribution in [1.82, 2.24) is 9.78 Å². The quantitative estimate of drug-likeness (QED) is 0.667. The number of hydrogen-bond acceptors (Lipinski definition) is 2. The second-order valence-electron chi connectivity index (χ2n) is 5.68. The van der Waals surface area contributed by atoms with Gasteiger partial charge < -0.3 is 5.32 Å². The Hall–Kier alpha value is -3.23. The van der Waals surface area contributed by atoms with E-state index in [-0.39, 0.29) is 22.4 Å². The van der Waals surface area contributed by atoms with Crippen molar-refractivity contribution in [1.29, 1.82) is 0 Å². The van der Waals surface area contributed by atoms with Gasteiger partial charge in [0.05, 0.1) is 5.56 Å². The van der Waals surface area contributed by atoms with E-state index in [2.05, 4.69) is 10.4 Å². The van der Waals surface area contributed by atoms with E-state index in [1.807, 2.05) is 0 Å². The Labute approximate surface area is 150 Å². The van der Waals surface area contributed by atoms with Gasteiger partial charge in [0.25, 0.3) is 12.3 Å². The molecule has 0 fully saturated rings. The molecule has 1 aromatic heterocycles. The maximum atomic E-state index is 13.7. The molecule has 0 radical (unpaired) electrons. The highest BCUT2D eigenvalue weighted by Crippen LogP contribution is 2.31. The number of rotatable bonds is 4. The van der Waals surface area contributed by atoms with E-state index in [0.717, 1.165) is 35.1 Å². The van der Waals surface area contributed by atoms with Crippen LogP contribution in [0.25, 0.3) is 11.1 Å². The first kappa shape index (κ1) is 18.6. The Morgan fingerprint density at radius 2 is 1.81 bits per heavy atom. The van der Waals surface area contributed by atoms with Gasteiger partial charge in [-0.2, -0.15) is 5.10 Å². The van der Waals surface area contributed by atoms with Crippen molar-refractivity contribution in [3.63, 3.8) is 0 Å². The van der Waals surface area contributed by atoms with Crippen LogP contribution in [0.1, 0.15) is 22.5 Å². The fourth-order valence-corrected chi connectivity index (χ4v) is 2.56. The lowest BCUT2D eigenvalue weighted by Crippen LogP contribution is -2.14.